The first-order valence-electron chi connectivity index (χ1n) is 9.69. The molecule has 1 heterocycles. The number of nitrogens with zero attached hydrogens (tertiary/aromatic N) is 2. The topological polar surface area (TPSA) is 43.8 Å². The summed E-state index contributed by atoms with van der Waals surface area (Å²) in [6.07, 6.45) is 0. The van der Waals surface area contributed by atoms with Crippen LogP contribution in [-0.2, 0) is 0 Å². The quantitative estimate of drug-likeness (QED) is 0.687. The maximum absolute atomic E-state index is 12.9. The van der Waals surface area contributed by atoms with Gasteiger partial charge >= 0.3 is 0 Å². The van der Waals surface area contributed by atoms with E-state index in [1.165, 1.54) is 0 Å². The Morgan fingerprint density at radius 1 is 0.759 bits per heavy atom. The summed E-state index contributed by atoms with van der Waals surface area (Å²) in [7, 11) is 0. The summed E-state index contributed by atoms with van der Waals surface area (Å²) >= 11 is 0. The van der Waals surface area contributed by atoms with Gasteiger partial charge in [0, 0.05) is 48.6 Å². The van der Waals surface area contributed by atoms with Gasteiger partial charge in [-0.15, -0.1) is 0 Å². The summed E-state index contributed by atoms with van der Waals surface area (Å²) in [4.78, 5) is 17.1. The van der Waals surface area contributed by atoms with E-state index in [4.69, 9.17) is 0 Å². The Labute approximate surface area is 171 Å². The number of rotatable bonds is 2. The third kappa shape index (κ3) is 4.59. The molecule has 0 aromatic heterocycles. The zero-order chi connectivity index (χ0) is 20.1. The number of hydrogen-bond acceptors (Lipinski definition) is 3. The summed E-state index contributed by atoms with van der Waals surface area (Å²) in [5, 5.41) is 9.44. The van der Waals surface area contributed by atoms with Crippen molar-refractivity contribution >= 4 is 11.6 Å². The molecule has 1 saturated heterocycles. The van der Waals surface area contributed by atoms with Crippen LogP contribution >= 0.6 is 0 Å². The van der Waals surface area contributed by atoms with E-state index >= 15 is 0 Å². The number of phenols is 1. The highest BCUT2D eigenvalue weighted by Crippen LogP contribution is 2.20. The molecule has 1 aliphatic rings. The van der Waals surface area contributed by atoms with Gasteiger partial charge in [0.15, 0.2) is 0 Å². The molecule has 0 unspecified atom stereocenters. The van der Waals surface area contributed by atoms with Crippen LogP contribution in [0.5, 0.6) is 5.75 Å². The molecule has 0 aliphatic carbocycles. The number of aromatic hydroxyl groups is 1. The molecule has 0 radical (unpaired) electrons. The lowest BCUT2D eigenvalue weighted by Gasteiger charge is -2.36. The summed E-state index contributed by atoms with van der Waals surface area (Å²) in [5.74, 6) is 6.58. The van der Waals surface area contributed by atoms with Crippen LogP contribution in [0.4, 0.5) is 5.69 Å². The average Bonchev–Trinajstić information content (AvgIpc) is 2.79. The number of carbonyl (C=O) groups is 1. The number of amides is 1. The van der Waals surface area contributed by atoms with Crippen molar-refractivity contribution in [2.24, 2.45) is 0 Å². The lowest BCUT2D eigenvalue weighted by molar-refractivity contribution is 0.0746. The van der Waals surface area contributed by atoms with Gasteiger partial charge in [-0.25, -0.2) is 0 Å². The normalized spacial score (nSPS) is 13.5. The Balaban J connectivity index is 1.41. The molecule has 144 valence electrons. The van der Waals surface area contributed by atoms with Crippen molar-refractivity contribution in [3.63, 3.8) is 0 Å². The molecule has 1 fully saturated rings. The van der Waals surface area contributed by atoms with E-state index < -0.39 is 0 Å². The second kappa shape index (κ2) is 8.53. The van der Waals surface area contributed by atoms with Crippen LogP contribution in [0.2, 0.25) is 0 Å². The number of carbonyl (C=O) groups excluding carboxylic acids is 1. The third-order valence-electron chi connectivity index (χ3n) is 5.02. The fourth-order valence-electron chi connectivity index (χ4n) is 3.41. The van der Waals surface area contributed by atoms with E-state index in [-0.39, 0.29) is 11.7 Å². The molecule has 0 atom stereocenters. The predicted octanol–water partition coefficient (Wildman–Crippen LogP) is 3.75. The maximum atomic E-state index is 12.9. The summed E-state index contributed by atoms with van der Waals surface area (Å²) in [5.41, 5.74) is 3.52. The van der Waals surface area contributed by atoms with E-state index in [1.54, 1.807) is 12.1 Å². The number of anilines is 1. The molecular weight excluding hydrogens is 360 g/mol. The molecule has 3 aromatic carbocycles. The highest BCUT2D eigenvalue weighted by atomic mass is 16.3. The number of hydrogen-bond donors (Lipinski definition) is 1. The van der Waals surface area contributed by atoms with Crippen molar-refractivity contribution in [2.45, 2.75) is 0 Å². The van der Waals surface area contributed by atoms with Gasteiger partial charge in [-0.3, -0.25) is 4.79 Å². The molecule has 0 saturated carbocycles. The minimum atomic E-state index is 0.0405. The number of phenolic OH excluding ortho intramolecular Hbond substituents is 1. The Morgan fingerprint density at radius 3 is 2.14 bits per heavy atom. The van der Waals surface area contributed by atoms with Crippen LogP contribution in [0, 0.1) is 11.8 Å². The van der Waals surface area contributed by atoms with Crippen molar-refractivity contribution in [3.8, 4) is 17.6 Å². The van der Waals surface area contributed by atoms with Gasteiger partial charge in [0.25, 0.3) is 5.91 Å². The van der Waals surface area contributed by atoms with Crippen molar-refractivity contribution in [3.05, 3.63) is 95.6 Å². The highest BCUT2D eigenvalue weighted by Gasteiger charge is 2.22. The molecule has 29 heavy (non-hydrogen) atoms. The predicted molar refractivity (Wildman–Crippen MR) is 115 cm³/mol. The molecule has 1 amide bonds. The lowest BCUT2D eigenvalue weighted by Crippen LogP contribution is -2.48. The summed E-state index contributed by atoms with van der Waals surface area (Å²) < 4.78 is 0. The van der Waals surface area contributed by atoms with Crippen molar-refractivity contribution in [2.75, 3.05) is 31.1 Å². The van der Waals surface area contributed by atoms with Crippen molar-refractivity contribution < 1.29 is 9.90 Å². The molecule has 0 spiro atoms. The molecular formula is C25H22N2O2. The van der Waals surface area contributed by atoms with E-state index in [0.717, 1.165) is 29.9 Å². The lowest BCUT2D eigenvalue weighted by atomic mass is 10.1. The first-order valence-corrected chi connectivity index (χ1v) is 9.69. The van der Waals surface area contributed by atoms with Crippen LogP contribution < -0.4 is 4.90 Å². The summed E-state index contributed by atoms with van der Waals surface area (Å²) in [6.45, 7) is 2.87. The fraction of sp³-hybridized carbons (Fsp3) is 0.160. The largest absolute Gasteiger partial charge is 0.508 e. The Kier molecular flexibility index (Phi) is 5.49. The van der Waals surface area contributed by atoms with Gasteiger partial charge in [-0.1, -0.05) is 36.1 Å². The van der Waals surface area contributed by atoms with Crippen LogP contribution in [0.1, 0.15) is 21.5 Å². The molecule has 4 nitrogen and oxygen atoms in total. The second-order valence-corrected chi connectivity index (χ2v) is 6.99. The highest BCUT2D eigenvalue weighted by molar-refractivity contribution is 5.94. The SMILES string of the molecule is O=C(c1cccc(C#Cc2ccccc2)c1)N1CCN(c2ccc(O)cc2)CC1. The monoisotopic (exact) mass is 382 g/mol. The van der Waals surface area contributed by atoms with Gasteiger partial charge in [-0.2, -0.15) is 0 Å². The Bertz CT molecular complexity index is 1040. The third-order valence-corrected chi connectivity index (χ3v) is 5.02. The van der Waals surface area contributed by atoms with Crippen LogP contribution in [0.25, 0.3) is 0 Å². The first-order chi connectivity index (χ1) is 14.2. The number of piperazine rings is 1. The molecule has 4 heteroatoms. The van der Waals surface area contributed by atoms with Crippen LogP contribution in [0.3, 0.4) is 0 Å². The average molecular weight is 382 g/mol. The maximum Gasteiger partial charge on any atom is 0.254 e. The Hall–Kier alpha value is -3.71. The van der Waals surface area contributed by atoms with Gasteiger partial charge in [-0.05, 0) is 54.6 Å². The van der Waals surface area contributed by atoms with Gasteiger partial charge < -0.3 is 14.9 Å². The molecule has 3 aromatic rings. The smallest absolute Gasteiger partial charge is 0.254 e. The van der Waals surface area contributed by atoms with Crippen LogP contribution in [-0.4, -0.2) is 42.1 Å². The number of benzene rings is 3. The second-order valence-electron chi connectivity index (χ2n) is 6.99. The molecule has 1 N–H and O–H groups in total. The van der Waals surface area contributed by atoms with E-state index in [1.807, 2.05) is 71.6 Å². The minimum absolute atomic E-state index is 0.0405. The zero-order valence-corrected chi connectivity index (χ0v) is 16.1. The van der Waals surface area contributed by atoms with Crippen LogP contribution in [0.15, 0.2) is 78.9 Å². The van der Waals surface area contributed by atoms with Gasteiger partial charge in [0.1, 0.15) is 5.75 Å². The fourth-order valence-corrected chi connectivity index (χ4v) is 3.41. The van der Waals surface area contributed by atoms with Crippen molar-refractivity contribution in [1.29, 1.82) is 0 Å². The van der Waals surface area contributed by atoms with Crippen molar-refractivity contribution in [1.82, 2.24) is 4.90 Å². The minimum Gasteiger partial charge on any atom is -0.508 e. The first kappa shape index (κ1) is 18.6. The molecule has 4 rings (SSSR count). The van der Waals surface area contributed by atoms with E-state index in [2.05, 4.69) is 16.7 Å². The van der Waals surface area contributed by atoms with E-state index in [0.29, 0.717) is 18.7 Å². The summed E-state index contributed by atoms with van der Waals surface area (Å²) in [6, 6.07) is 24.5. The molecule has 0 bridgehead atoms. The van der Waals surface area contributed by atoms with Gasteiger partial charge in [0.2, 0.25) is 0 Å². The zero-order valence-electron chi connectivity index (χ0n) is 16.1. The van der Waals surface area contributed by atoms with Gasteiger partial charge in [0.05, 0.1) is 0 Å². The standard InChI is InChI=1S/C25H22N2O2/c28-24-13-11-23(12-14-24)26-15-17-27(18-16-26)25(29)22-8-4-7-21(19-22)10-9-20-5-2-1-3-6-20/h1-8,11-14,19,28H,15-18H2. The Morgan fingerprint density at radius 2 is 1.41 bits per heavy atom. The molecule has 1 aliphatic heterocycles. The van der Waals surface area contributed by atoms with E-state index in [9.17, 15) is 9.90 Å².